The fourth-order valence-electron chi connectivity index (χ4n) is 5.22. The summed E-state index contributed by atoms with van der Waals surface area (Å²) in [4.78, 5) is 6.82. The van der Waals surface area contributed by atoms with Crippen molar-refractivity contribution in [2.45, 2.75) is 49.6 Å². The second-order valence-electron chi connectivity index (χ2n) is 8.80. The van der Waals surface area contributed by atoms with Gasteiger partial charge in [-0.05, 0) is 75.4 Å². The molecule has 1 aliphatic carbocycles. The van der Waals surface area contributed by atoms with Crippen LogP contribution in [0.1, 0.15) is 42.5 Å². The van der Waals surface area contributed by atoms with Crippen LogP contribution in [0.15, 0.2) is 38.6 Å². The predicted octanol–water partition coefficient (Wildman–Crippen LogP) is 5.43. The zero-order valence-corrected chi connectivity index (χ0v) is 21.7. The van der Waals surface area contributed by atoms with Crippen molar-refractivity contribution in [3.63, 3.8) is 0 Å². The van der Waals surface area contributed by atoms with Crippen molar-refractivity contribution in [1.82, 2.24) is 24.6 Å². The van der Waals surface area contributed by atoms with Crippen molar-refractivity contribution in [2.75, 3.05) is 25.4 Å². The summed E-state index contributed by atoms with van der Waals surface area (Å²) < 4.78 is 8.68. The first-order chi connectivity index (χ1) is 15.1. The fourth-order valence-corrected chi connectivity index (χ4v) is 6.46. The minimum Gasteiger partial charge on any atom is -0.440 e. The Morgan fingerprint density at radius 1 is 1.25 bits per heavy atom. The Labute approximate surface area is 208 Å². The summed E-state index contributed by atoms with van der Waals surface area (Å²) in [6.45, 7) is 5.48. The number of nitrogens with zero attached hydrogens (tertiary/aromatic N) is 5. The minimum absolute atomic E-state index is 0. The highest BCUT2D eigenvalue weighted by atomic mass is 79.9. The van der Waals surface area contributed by atoms with Crippen LogP contribution in [-0.2, 0) is 18.9 Å². The zero-order chi connectivity index (χ0) is 21.4. The van der Waals surface area contributed by atoms with Gasteiger partial charge >= 0.3 is 0 Å². The molecule has 1 saturated heterocycles. The van der Waals surface area contributed by atoms with Gasteiger partial charge in [0.15, 0.2) is 17.3 Å². The summed E-state index contributed by atoms with van der Waals surface area (Å²) in [5.41, 5.74) is 4.37. The molecule has 0 saturated carbocycles. The Kier molecular flexibility index (Phi) is 7.34. The van der Waals surface area contributed by atoms with Gasteiger partial charge in [0.2, 0.25) is 5.82 Å². The van der Waals surface area contributed by atoms with Gasteiger partial charge in [0.25, 0.3) is 0 Å². The standard InChI is InChI=1S/C23H28BrN5OS.ClH/c1-16-20(30-15-25-16)21-26-27-22(28(21)2)31-12-4-10-29-11-9-23(14-29)8-3-5-17-13-18(24)6-7-19(17)23;/h6-7,13,15H,3-5,8-12,14H2,1-2H3;1H. The topological polar surface area (TPSA) is 60.0 Å². The number of fused-ring (bicyclic) bond motifs is 2. The first-order valence-corrected chi connectivity index (χ1v) is 12.8. The Morgan fingerprint density at radius 2 is 2.12 bits per heavy atom. The van der Waals surface area contributed by atoms with Gasteiger partial charge in [-0.3, -0.25) is 0 Å². The Bertz CT molecular complexity index is 1090. The van der Waals surface area contributed by atoms with E-state index in [1.807, 2.05) is 18.5 Å². The molecule has 0 N–H and O–H groups in total. The van der Waals surface area contributed by atoms with Crippen molar-refractivity contribution in [1.29, 1.82) is 0 Å². The van der Waals surface area contributed by atoms with Gasteiger partial charge in [0, 0.05) is 29.2 Å². The Balaban J connectivity index is 0.00000245. The molecule has 9 heteroatoms. The molecule has 2 aliphatic rings. The largest absolute Gasteiger partial charge is 0.440 e. The molecule has 1 unspecified atom stereocenters. The second kappa shape index (κ2) is 9.87. The van der Waals surface area contributed by atoms with Crippen LogP contribution in [0.2, 0.25) is 0 Å². The maximum absolute atomic E-state index is 5.47. The van der Waals surface area contributed by atoms with E-state index in [1.54, 1.807) is 22.9 Å². The number of likely N-dealkylation sites (tertiary alicyclic amines) is 1. The third-order valence-corrected chi connectivity index (χ3v) is 8.41. The van der Waals surface area contributed by atoms with E-state index in [0.717, 1.165) is 35.4 Å². The predicted molar refractivity (Wildman–Crippen MR) is 134 cm³/mol. The third-order valence-electron chi connectivity index (χ3n) is 6.81. The SMILES string of the molecule is Cc1ncoc1-c1nnc(SCCCN2CCC3(CCCc4cc(Br)ccc43)C2)n1C.Cl. The molecule has 1 aliphatic heterocycles. The van der Waals surface area contributed by atoms with E-state index >= 15 is 0 Å². The van der Waals surface area contributed by atoms with Gasteiger partial charge in [0.1, 0.15) is 0 Å². The molecule has 1 spiro atoms. The maximum Gasteiger partial charge on any atom is 0.202 e. The number of aromatic nitrogens is 4. The van der Waals surface area contributed by atoms with Crippen molar-refractivity contribution in [2.24, 2.45) is 7.05 Å². The molecule has 1 atom stereocenters. The number of rotatable bonds is 6. The van der Waals surface area contributed by atoms with Crippen molar-refractivity contribution < 1.29 is 4.42 Å². The van der Waals surface area contributed by atoms with E-state index in [4.69, 9.17) is 4.42 Å². The molecule has 0 amide bonds. The average molecular weight is 539 g/mol. The van der Waals surface area contributed by atoms with E-state index in [0.29, 0.717) is 11.2 Å². The van der Waals surface area contributed by atoms with E-state index in [9.17, 15) is 0 Å². The lowest BCUT2D eigenvalue weighted by Crippen LogP contribution is -2.35. The highest BCUT2D eigenvalue weighted by molar-refractivity contribution is 9.10. The van der Waals surface area contributed by atoms with Gasteiger partial charge in [-0.1, -0.05) is 33.8 Å². The number of oxazole rings is 1. The van der Waals surface area contributed by atoms with Gasteiger partial charge in [-0.2, -0.15) is 0 Å². The Hall–Kier alpha value is -1.35. The molecular formula is C23H29BrClN5OS. The fraction of sp³-hybridized carbons (Fsp3) is 0.522. The van der Waals surface area contributed by atoms with Crippen LogP contribution < -0.4 is 0 Å². The molecule has 172 valence electrons. The quantitative estimate of drug-likeness (QED) is 0.308. The summed E-state index contributed by atoms with van der Waals surface area (Å²) in [6.07, 6.45) is 7.76. The third kappa shape index (κ3) is 4.52. The highest BCUT2D eigenvalue weighted by Crippen LogP contribution is 2.44. The van der Waals surface area contributed by atoms with Crippen LogP contribution >= 0.6 is 40.1 Å². The maximum atomic E-state index is 5.47. The van der Waals surface area contributed by atoms with Crippen molar-refractivity contribution >= 4 is 40.1 Å². The average Bonchev–Trinajstić information content (AvgIpc) is 3.45. The summed E-state index contributed by atoms with van der Waals surface area (Å²) >= 11 is 5.42. The van der Waals surface area contributed by atoms with Crippen LogP contribution in [0.3, 0.4) is 0 Å². The van der Waals surface area contributed by atoms with E-state index in [-0.39, 0.29) is 12.4 Å². The number of hydrogen-bond donors (Lipinski definition) is 0. The van der Waals surface area contributed by atoms with E-state index < -0.39 is 0 Å². The van der Waals surface area contributed by atoms with Crippen molar-refractivity contribution in [3.05, 3.63) is 45.9 Å². The van der Waals surface area contributed by atoms with Gasteiger partial charge in [-0.15, -0.1) is 22.6 Å². The molecule has 0 radical (unpaired) electrons. The minimum atomic E-state index is 0. The molecule has 5 rings (SSSR count). The lowest BCUT2D eigenvalue weighted by Gasteiger charge is -2.36. The smallest absolute Gasteiger partial charge is 0.202 e. The van der Waals surface area contributed by atoms with E-state index in [2.05, 4.69) is 54.2 Å². The lowest BCUT2D eigenvalue weighted by atomic mass is 9.69. The second-order valence-corrected chi connectivity index (χ2v) is 10.8. The van der Waals surface area contributed by atoms with Crippen LogP contribution in [0.5, 0.6) is 0 Å². The number of aryl methyl sites for hydroxylation is 2. The molecule has 2 aromatic heterocycles. The number of benzene rings is 1. The van der Waals surface area contributed by atoms with Crippen molar-refractivity contribution in [3.8, 4) is 11.6 Å². The molecule has 6 nitrogen and oxygen atoms in total. The van der Waals surface area contributed by atoms with Crippen LogP contribution in [0.4, 0.5) is 0 Å². The molecule has 0 bridgehead atoms. The monoisotopic (exact) mass is 537 g/mol. The van der Waals surface area contributed by atoms with Crippen LogP contribution in [0.25, 0.3) is 11.6 Å². The van der Waals surface area contributed by atoms with Gasteiger partial charge in [0.05, 0.1) is 5.69 Å². The molecular weight excluding hydrogens is 510 g/mol. The molecule has 3 aromatic rings. The summed E-state index contributed by atoms with van der Waals surface area (Å²) in [7, 11) is 1.99. The normalized spacial score (nSPS) is 20.5. The molecule has 1 aromatic carbocycles. The van der Waals surface area contributed by atoms with E-state index in [1.165, 1.54) is 49.6 Å². The molecule has 32 heavy (non-hydrogen) atoms. The molecule has 3 heterocycles. The van der Waals surface area contributed by atoms with Gasteiger partial charge in [-0.25, -0.2) is 4.98 Å². The number of hydrogen-bond acceptors (Lipinski definition) is 6. The van der Waals surface area contributed by atoms with Crippen LogP contribution in [-0.4, -0.2) is 50.0 Å². The van der Waals surface area contributed by atoms with Gasteiger partial charge < -0.3 is 13.9 Å². The number of thioether (sulfide) groups is 1. The summed E-state index contributed by atoms with van der Waals surface area (Å²) in [6, 6.07) is 6.94. The Morgan fingerprint density at radius 3 is 2.94 bits per heavy atom. The van der Waals surface area contributed by atoms with Crippen LogP contribution in [0, 0.1) is 6.92 Å². The molecule has 1 fully saturated rings. The lowest BCUT2D eigenvalue weighted by molar-refractivity contribution is 0.294. The summed E-state index contributed by atoms with van der Waals surface area (Å²) in [5, 5.41) is 9.58. The first kappa shape index (κ1) is 23.8. The zero-order valence-electron chi connectivity index (χ0n) is 18.5. The number of halogens is 2. The highest BCUT2D eigenvalue weighted by Gasteiger charge is 2.41. The summed E-state index contributed by atoms with van der Waals surface area (Å²) in [5.74, 6) is 2.47. The first-order valence-electron chi connectivity index (χ1n) is 11.0.